The van der Waals surface area contributed by atoms with E-state index in [0.29, 0.717) is 22.6 Å². The minimum absolute atomic E-state index is 0.0811. The third-order valence-corrected chi connectivity index (χ3v) is 2.92. The molecule has 0 aliphatic carbocycles. The van der Waals surface area contributed by atoms with Crippen LogP contribution in [0.5, 0.6) is 11.5 Å². The highest BCUT2D eigenvalue weighted by Gasteiger charge is 2.07. The maximum Gasteiger partial charge on any atom is 0.248 e. The molecule has 0 unspecified atom stereocenters. The second-order valence-electron chi connectivity index (χ2n) is 4.33. The van der Waals surface area contributed by atoms with Crippen molar-refractivity contribution in [2.45, 2.75) is 0 Å². The van der Waals surface area contributed by atoms with Gasteiger partial charge in [0.15, 0.2) is 12.4 Å². The number of hydrogen-bond donors (Lipinski definition) is 1. The molecule has 0 spiro atoms. The van der Waals surface area contributed by atoms with Crippen LogP contribution in [0, 0.1) is 0 Å². The van der Waals surface area contributed by atoms with Crippen molar-refractivity contribution < 1.29 is 19.1 Å². The fourth-order valence-corrected chi connectivity index (χ4v) is 1.72. The molecule has 1 amide bonds. The SMILES string of the molecule is COc1ccc(C(=O)COc2ccc(C(N)=O)cc2)cc1. The predicted molar refractivity (Wildman–Crippen MR) is 77.8 cm³/mol. The van der Waals surface area contributed by atoms with Gasteiger partial charge in [0.05, 0.1) is 7.11 Å². The van der Waals surface area contributed by atoms with Gasteiger partial charge in [-0.2, -0.15) is 0 Å². The van der Waals surface area contributed by atoms with Crippen LogP contribution in [0.4, 0.5) is 0 Å². The molecule has 0 radical (unpaired) electrons. The summed E-state index contributed by atoms with van der Waals surface area (Å²) in [4.78, 5) is 22.9. The summed E-state index contributed by atoms with van der Waals surface area (Å²) in [6, 6.07) is 13.1. The number of benzene rings is 2. The number of carbonyl (C=O) groups excluding carboxylic acids is 2. The summed E-state index contributed by atoms with van der Waals surface area (Å²) < 4.78 is 10.4. The molecule has 2 aromatic rings. The number of carbonyl (C=O) groups is 2. The molecular weight excluding hydrogens is 270 g/mol. The van der Waals surface area contributed by atoms with E-state index < -0.39 is 5.91 Å². The van der Waals surface area contributed by atoms with Crippen molar-refractivity contribution in [3.8, 4) is 11.5 Å². The van der Waals surface area contributed by atoms with Crippen molar-refractivity contribution in [2.75, 3.05) is 13.7 Å². The summed E-state index contributed by atoms with van der Waals surface area (Å²) in [6.07, 6.45) is 0. The van der Waals surface area contributed by atoms with Crippen LogP contribution in [0.2, 0.25) is 0 Å². The Bertz CT molecular complexity index is 632. The third kappa shape index (κ3) is 3.82. The van der Waals surface area contributed by atoms with Gasteiger partial charge in [0.1, 0.15) is 11.5 Å². The molecule has 0 bridgehead atoms. The highest BCUT2D eigenvalue weighted by Crippen LogP contribution is 2.14. The highest BCUT2D eigenvalue weighted by atomic mass is 16.5. The first-order chi connectivity index (χ1) is 10.1. The summed E-state index contributed by atoms with van der Waals surface area (Å²) >= 11 is 0. The number of amides is 1. The maximum atomic E-state index is 12.0. The van der Waals surface area contributed by atoms with Gasteiger partial charge in [-0.3, -0.25) is 9.59 Å². The first kappa shape index (κ1) is 14.6. The van der Waals surface area contributed by atoms with Gasteiger partial charge in [0, 0.05) is 11.1 Å². The Morgan fingerprint density at radius 3 is 1.95 bits per heavy atom. The van der Waals surface area contributed by atoms with E-state index in [9.17, 15) is 9.59 Å². The lowest BCUT2D eigenvalue weighted by Crippen LogP contribution is -2.12. The minimum atomic E-state index is -0.504. The van der Waals surface area contributed by atoms with Crippen LogP contribution in [0.15, 0.2) is 48.5 Å². The smallest absolute Gasteiger partial charge is 0.248 e. The van der Waals surface area contributed by atoms with E-state index in [-0.39, 0.29) is 12.4 Å². The molecule has 0 heterocycles. The number of ether oxygens (including phenoxy) is 2. The van der Waals surface area contributed by atoms with E-state index >= 15 is 0 Å². The number of nitrogens with two attached hydrogens (primary N) is 1. The summed E-state index contributed by atoms with van der Waals surface area (Å²) in [5.74, 6) is 0.545. The average molecular weight is 285 g/mol. The summed E-state index contributed by atoms with van der Waals surface area (Å²) in [6.45, 7) is -0.0811. The number of rotatable bonds is 6. The van der Waals surface area contributed by atoms with Gasteiger partial charge < -0.3 is 15.2 Å². The Balaban J connectivity index is 1.95. The molecule has 5 heteroatoms. The lowest BCUT2D eigenvalue weighted by molar-refractivity contribution is 0.0920. The molecule has 108 valence electrons. The maximum absolute atomic E-state index is 12.0. The molecule has 2 rings (SSSR count). The average Bonchev–Trinajstić information content (AvgIpc) is 2.53. The number of hydrogen-bond acceptors (Lipinski definition) is 4. The monoisotopic (exact) mass is 285 g/mol. The van der Waals surface area contributed by atoms with E-state index in [4.69, 9.17) is 15.2 Å². The van der Waals surface area contributed by atoms with Gasteiger partial charge in [-0.15, -0.1) is 0 Å². The molecule has 0 aliphatic heterocycles. The second-order valence-corrected chi connectivity index (χ2v) is 4.33. The van der Waals surface area contributed by atoms with Crippen LogP contribution in [-0.2, 0) is 0 Å². The van der Waals surface area contributed by atoms with Crippen LogP contribution in [0.25, 0.3) is 0 Å². The molecule has 0 aliphatic rings. The Hall–Kier alpha value is -2.82. The highest BCUT2D eigenvalue weighted by molar-refractivity contribution is 5.97. The largest absolute Gasteiger partial charge is 0.497 e. The van der Waals surface area contributed by atoms with Gasteiger partial charge in [-0.1, -0.05) is 0 Å². The first-order valence-corrected chi connectivity index (χ1v) is 6.30. The van der Waals surface area contributed by atoms with E-state index in [1.54, 1.807) is 55.6 Å². The zero-order valence-corrected chi connectivity index (χ0v) is 11.5. The minimum Gasteiger partial charge on any atom is -0.497 e. The van der Waals surface area contributed by atoms with Gasteiger partial charge in [-0.25, -0.2) is 0 Å². The van der Waals surface area contributed by atoms with Crippen molar-refractivity contribution in [2.24, 2.45) is 5.73 Å². The van der Waals surface area contributed by atoms with Crippen LogP contribution in [-0.4, -0.2) is 25.4 Å². The molecule has 0 atom stereocenters. The Morgan fingerprint density at radius 1 is 0.905 bits per heavy atom. The van der Waals surface area contributed by atoms with Crippen LogP contribution in [0.1, 0.15) is 20.7 Å². The summed E-state index contributed by atoms with van der Waals surface area (Å²) in [7, 11) is 1.57. The Morgan fingerprint density at radius 2 is 1.43 bits per heavy atom. The zero-order valence-electron chi connectivity index (χ0n) is 11.5. The van der Waals surface area contributed by atoms with Gasteiger partial charge in [0.25, 0.3) is 0 Å². The fourth-order valence-electron chi connectivity index (χ4n) is 1.72. The van der Waals surface area contributed by atoms with Gasteiger partial charge in [-0.05, 0) is 48.5 Å². The normalized spacial score (nSPS) is 9.95. The standard InChI is InChI=1S/C16H15NO4/c1-20-13-6-2-11(3-7-13)15(18)10-21-14-8-4-12(5-9-14)16(17)19/h2-9H,10H2,1H3,(H2,17,19). The molecule has 0 saturated heterocycles. The molecule has 0 saturated carbocycles. The zero-order chi connectivity index (χ0) is 15.2. The van der Waals surface area contributed by atoms with Crippen LogP contribution >= 0.6 is 0 Å². The molecule has 2 N–H and O–H groups in total. The van der Waals surface area contributed by atoms with Crippen molar-refractivity contribution in [1.82, 2.24) is 0 Å². The summed E-state index contributed by atoms with van der Waals surface area (Å²) in [5, 5.41) is 0. The first-order valence-electron chi connectivity index (χ1n) is 6.30. The molecule has 0 aromatic heterocycles. The predicted octanol–water partition coefficient (Wildman–Crippen LogP) is 2.06. The van der Waals surface area contributed by atoms with Crippen LogP contribution in [0.3, 0.4) is 0 Å². The van der Waals surface area contributed by atoms with E-state index in [2.05, 4.69) is 0 Å². The lowest BCUT2D eigenvalue weighted by atomic mass is 10.1. The number of primary amides is 1. The topological polar surface area (TPSA) is 78.6 Å². The third-order valence-electron chi connectivity index (χ3n) is 2.92. The molecular formula is C16H15NO4. The molecule has 2 aromatic carbocycles. The van der Waals surface area contributed by atoms with Crippen molar-refractivity contribution in [3.63, 3.8) is 0 Å². The van der Waals surface area contributed by atoms with Crippen molar-refractivity contribution in [1.29, 1.82) is 0 Å². The van der Waals surface area contributed by atoms with Crippen LogP contribution < -0.4 is 15.2 Å². The van der Waals surface area contributed by atoms with E-state index in [1.165, 1.54) is 0 Å². The quantitative estimate of drug-likeness (QED) is 0.824. The molecule has 21 heavy (non-hydrogen) atoms. The second kappa shape index (κ2) is 6.56. The van der Waals surface area contributed by atoms with Crippen molar-refractivity contribution >= 4 is 11.7 Å². The number of Topliss-reactive ketones (excluding diaryl/α,β-unsaturated/α-hetero) is 1. The summed E-state index contributed by atoms with van der Waals surface area (Å²) in [5.41, 5.74) is 6.08. The van der Waals surface area contributed by atoms with Crippen molar-refractivity contribution in [3.05, 3.63) is 59.7 Å². The van der Waals surface area contributed by atoms with Gasteiger partial charge in [0.2, 0.25) is 5.91 Å². The van der Waals surface area contributed by atoms with E-state index in [1.807, 2.05) is 0 Å². The molecule has 0 fully saturated rings. The lowest BCUT2D eigenvalue weighted by Gasteiger charge is -2.06. The fraction of sp³-hybridized carbons (Fsp3) is 0.125. The Labute approximate surface area is 122 Å². The number of ketones is 1. The molecule has 5 nitrogen and oxygen atoms in total. The van der Waals surface area contributed by atoms with E-state index in [0.717, 1.165) is 0 Å². The van der Waals surface area contributed by atoms with Gasteiger partial charge >= 0.3 is 0 Å². The number of methoxy groups -OCH3 is 1. The Kier molecular flexibility index (Phi) is 4.56.